The molecule has 0 fully saturated rings. The van der Waals surface area contributed by atoms with Gasteiger partial charge in [0, 0.05) is 11.3 Å². The number of hydrogen-bond donors (Lipinski definition) is 3. The number of hydrogen-bond acceptors (Lipinski definition) is 4. The molecule has 0 spiro atoms. The SMILES string of the molecule is O=C(NC(=O)c1ccc2n[nH]nc2c1)Nc1ccc(Cl)c(Cl)c1. The Morgan fingerprint density at radius 3 is 2.52 bits per heavy atom. The van der Waals surface area contributed by atoms with Gasteiger partial charge in [-0.15, -0.1) is 0 Å². The van der Waals surface area contributed by atoms with E-state index < -0.39 is 11.9 Å². The van der Waals surface area contributed by atoms with Crippen LogP contribution in [0.5, 0.6) is 0 Å². The number of nitrogens with zero attached hydrogens (tertiary/aromatic N) is 2. The number of urea groups is 1. The summed E-state index contributed by atoms with van der Waals surface area (Å²) >= 11 is 11.6. The average molecular weight is 350 g/mol. The van der Waals surface area contributed by atoms with Gasteiger partial charge in [0.25, 0.3) is 5.91 Å². The normalized spacial score (nSPS) is 10.5. The minimum Gasteiger partial charge on any atom is -0.308 e. The number of fused-ring (bicyclic) bond motifs is 1. The van der Waals surface area contributed by atoms with Crippen molar-refractivity contribution < 1.29 is 9.59 Å². The third kappa shape index (κ3) is 3.41. The summed E-state index contributed by atoms with van der Waals surface area (Å²) in [5.74, 6) is -0.563. The Morgan fingerprint density at radius 2 is 1.74 bits per heavy atom. The molecule has 0 aliphatic carbocycles. The number of amides is 3. The van der Waals surface area contributed by atoms with Gasteiger partial charge in [0.2, 0.25) is 0 Å². The summed E-state index contributed by atoms with van der Waals surface area (Å²) in [7, 11) is 0. The Balaban J connectivity index is 1.68. The first-order valence-corrected chi connectivity index (χ1v) is 7.16. The lowest BCUT2D eigenvalue weighted by Gasteiger charge is -2.07. The molecule has 0 radical (unpaired) electrons. The maximum absolute atomic E-state index is 12.1. The van der Waals surface area contributed by atoms with Crippen molar-refractivity contribution in [1.29, 1.82) is 0 Å². The molecule has 116 valence electrons. The zero-order valence-electron chi connectivity index (χ0n) is 11.4. The van der Waals surface area contributed by atoms with Crippen LogP contribution >= 0.6 is 23.2 Å². The summed E-state index contributed by atoms with van der Waals surface area (Å²) in [6, 6.07) is 8.61. The van der Waals surface area contributed by atoms with Gasteiger partial charge in [-0.2, -0.15) is 15.4 Å². The van der Waals surface area contributed by atoms with Crippen molar-refractivity contribution >= 4 is 51.9 Å². The van der Waals surface area contributed by atoms with Crippen molar-refractivity contribution in [2.75, 3.05) is 5.32 Å². The molecule has 0 saturated heterocycles. The van der Waals surface area contributed by atoms with Crippen molar-refractivity contribution in [1.82, 2.24) is 20.7 Å². The van der Waals surface area contributed by atoms with Gasteiger partial charge in [0.1, 0.15) is 11.0 Å². The maximum Gasteiger partial charge on any atom is 0.326 e. The van der Waals surface area contributed by atoms with Crippen LogP contribution in [0.3, 0.4) is 0 Å². The van der Waals surface area contributed by atoms with Crippen LogP contribution in [-0.2, 0) is 0 Å². The van der Waals surface area contributed by atoms with Crippen LogP contribution < -0.4 is 10.6 Å². The molecule has 23 heavy (non-hydrogen) atoms. The molecule has 0 unspecified atom stereocenters. The Morgan fingerprint density at radius 1 is 0.957 bits per heavy atom. The van der Waals surface area contributed by atoms with Gasteiger partial charge in [-0.25, -0.2) is 4.79 Å². The monoisotopic (exact) mass is 349 g/mol. The smallest absolute Gasteiger partial charge is 0.308 e. The molecule has 0 bridgehead atoms. The predicted molar refractivity (Wildman–Crippen MR) is 86.8 cm³/mol. The zero-order chi connectivity index (χ0) is 16.4. The lowest BCUT2D eigenvalue weighted by atomic mass is 10.2. The van der Waals surface area contributed by atoms with Crippen molar-refractivity contribution in [3.05, 3.63) is 52.0 Å². The molecule has 0 atom stereocenters. The zero-order valence-corrected chi connectivity index (χ0v) is 12.9. The fourth-order valence-corrected chi connectivity index (χ4v) is 2.19. The Bertz CT molecular complexity index is 909. The Labute approximate surface area is 140 Å². The highest BCUT2D eigenvalue weighted by Gasteiger charge is 2.12. The number of imide groups is 1. The molecule has 9 heteroatoms. The second kappa shape index (κ2) is 6.23. The van der Waals surface area contributed by atoms with Crippen LogP contribution in [-0.4, -0.2) is 27.3 Å². The van der Waals surface area contributed by atoms with Crippen LogP contribution in [0.4, 0.5) is 10.5 Å². The highest BCUT2D eigenvalue weighted by molar-refractivity contribution is 6.42. The van der Waals surface area contributed by atoms with Gasteiger partial charge in [-0.05, 0) is 36.4 Å². The highest BCUT2D eigenvalue weighted by Crippen LogP contribution is 2.24. The minimum atomic E-state index is -0.686. The summed E-state index contributed by atoms with van der Waals surface area (Å²) in [6.07, 6.45) is 0. The van der Waals surface area contributed by atoms with E-state index in [0.29, 0.717) is 26.8 Å². The second-order valence-electron chi connectivity index (χ2n) is 4.56. The third-order valence-electron chi connectivity index (χ3n) is 2.98. The van der Waals surface area contributed by atoms with Crippen molar-refractivity contribution in [3.63, 3.8) is 0 Å². The van der Waals surface area contributed by atoms with E-state index in [9.17, 15) is 9.59 Å². The Hall–Kier alpha value is -2.64. The first kappa shape index (κ1) is 15.3. The molecule has 0 aliphatic heterocycles. The third-order valence-corrected chi connectivity index (χ3v) is 3.72. The number of H-pyrrole nitrogens is 1. The minimum absolute atomic E-state index is 0.288. The molecule has 0 aliphatic rings. The quantitative estimate of drug-likeness (QED) is 0.661. The van der Waals surface area contributed by atoms with Crippen LogP contribution in [0.1, 0.15) is 10.4 Å². The standard InChI is InChI=1S/C14H9Cl2N5O2/c15-9-3-2-8(6-10(9)16)17-14(23)18-13(22)7-1-4-11-12(5-7)20-21-19-11/h1-6H,(H,19,20,21)(H2,17,18,22,23). The number of benzene rings is 2. The summed E-state index contributed by atoms with van der Waals surface area (Å²) in [4.78, 5) is 23.9. The van der Waals surface area contributed by atoms with E-state index in [0.717, 1.165) is 0 Å². The predicted octanol–water partition coefficient (Wildman–Crippen LogP) is 3.23. The molecule has 1 aromatic heterocycles. The molecular formula is C14H9Cl2N5O2. The molecule has 0 saturated carbocycles. The number of nitrogens with one attached hydrogen (secondary N) is 3. The number of anilines is 1. The number of carbonyl (C=O) groups excluding carboxylic acids is 2. The van der Waals surface area contributed by atoms with Crippen LogP contribution in [0, 0.1) is 0 Å². The van der Waals surface area contributed by atoms with Gasteiger partial charge in [0.15, 0.2) is 0 Å². The maximum atomic E-state index is 12.1. The van der Waals surface area contributed by atoms with Gasteiger partial charge < -0.3 is 5.32 Å². The van der Waals surface area contributed by atoms with E-state index in [2.05, 4.69) is 26.0 Å². The largest absolute Gasteiger partial charge is 0.326 e. The molecule has 3 rings (SSSR count). The van der Waals surface area contributed by atoms with E-state index in [1.165, 1.54) is 12.1 Å². The summed E-state index contributed by atoms with van der Waals surface area (Å²) in [5, 5.41) is 15.6. The van der Waals surface area contributed by atoms with Gasteiger partial charge >= 0.3 is 6.03 Å². The Kier molecular flexibility index (Phi) is 4.14. The fourth-order valence-electron chi connectivity index (χ4n) is 1.89. The number of aromatic nitrogens is 3. The first-order chi connectivity index (χ1) is 11.0. The number of rotatable bonds is 2. The highest BCUT2D eigenvalue weighted by atomic mass is 35.5. The molecule has 3 aromatic rings. The van der Waals surface area contributed by atoms with E-state index in [1.54, 1.807) is 24.3 Å². The van der Waals surface area contributed by atoms with Crippen molar-refractivity contribution in [2.45, 2.75) is 0 Å². The van der Waals surface area contributed by atoms with Gasteiger partial charge in [-0.1, -0.05) is 23.2 Å². The molecule has 1 heterocycles. The van der Waals surface area contributed by atoms with Crippen molar-refractivity contribution in [2.24, 2.45) is 0 Å². The second-order valence-corrected chi connectivity index (χ2v) is 5.38. The van der Waals surface area contributed by atoms with E-state index in [1.807, 2.05) is 0 Å². The number of carbonyl (C=O) groups is 2. The van der Waals surface area contributed by atoms with Crippen LogP contribution in [0.25, 0.3) is 11.0 Å². The summed E-state index contributed by atoms with van der Waals surface area (Å²) < 4.78 is 0. The molecule has 3 N–H and O–H groups in total. The lowest BCUT2D eigenvalue weighted by Crippen LogP contribution is -2.34. The molecule has 2 aromatic carbocycles. The number of halogens is 2. The molecular weight excluding hydrogens is 341 g/mol. The van der Waals surface area contributed by atoms with Crippen LogP contribution in [0.2, 0.25) is 10.0 Å². The summed E-state index contributed by atoms with van der Waals surface area (Å²) in [5.41, 5.74) is 1.86. The number of aromatic amines is 1. The van der Waals surface area contributed by atoms with E-state index >= 15 is 0 Å². The van der Waals surface area contributed by atoms with Crippen molar-refractivity contribution in [3.8, 4) is 0 Å². The van der Waals surface area contributed by atoms with E-state index in [4.69, 9.17) is 23.2 Å². The topological polar surface area (TPSA) is 99.8 Å². The lowest BCUT2D eigenvalue weighted by molar-refractivity contribution is 0.0967. The van der Waals surface area contributed by atoms with E-state index in [-0.39, 0.29) is 5.56 Å². The fraction of sp³-hybridized carbons (Fsp3) is 0. The average Bonchev–Trinajstić information content (AvgIpc) is 2.98. The van der Waals surface area contributed by atoms with Crippen LogP contribution in [0.15, 0.2) is 36.4 Å². The molecule has 7 nitrogen and oxygen atoms in total. The molecule has 3 amide bonds. The van der Waals surface area contributed by atoms with Gasteiger partial charge in [0.05, 0.1) is 10.0 Å². The van der Waals surface area contributed by atoms with Gasteiger partial charge in [-0.3, -0.25) is 10.1 Å². The first-order valence-electron chi connectivity index (χ1n) is 6.41. The summed E-state index contributed by atoms with van der Waals surface area (Å²) in [6.45, 7) is 0.